The summed E-state index contributed by atoms with van der Waals surface area (Å²) in [6, 6.07) is 8.76. The van der Waals surface area contributed by atoms with E-state index in [1.165, 1.54) is 24.3 Å². The van der Waals surface area contributed by atoms with Gasteiger partial charge in [-0.2, -0.15) is 0 Å². The lowest BCUT2D eigenvalue weighted by atomic mass is 9.87. The molecule has 10 nitrogen and oxygen atoms in total. The van der Waals surface area contributed by atoms with Gasteiger partial charge < -0.3 is 10.3 Å². The summed E-state index contributed by atoms with van der Waals surface area (Å²) in [5, 5.41) is 22.5. The molecule has 208 valence electrons. The van der Waals surface area contributed by atoms with Crippen LogP contribution in [-0.2, 0) is 24.8 Å². The van der Waals surface area contributed by atoms with E-state index in [0.29, 0.717) is 59.8 Å². The number of nitrogens with zero attached hydrogens (tertiary/aromatic N) is 1. The first-order chi connectivity index (χ1) is 18.6. The highest BCUT2D eigenvalue weighted by Gasteiger charge is 2.41. The number of benzene rings is 2. The number of hydrogen-bond donors (Lipinski definition) is 4. The van der Waals surface area contributed by atoms with Gasteiger partial charge in [0, 0.05) is 23.2 Å². The highest BCUT2D eigenvalue weighted by Crippen LogP contribution is 2.45. The van der Waals surface area contributed by atoms with Gasteiger partial charge in [-0.15, -0.1) is 0 Å². The van der Waals surface area contributed by atoms with Crippen molar-refractivity contribution < 1.29 is 31.9 Å². The van der Waals surface area contributed by atoms with Crippen molar-refractivity contribution in [1.82, 2.24) is 9.44 Å². The molecule has 3 atom stereocenters. The van der Waals surface area contributed by atoms with E-state index in [1.807, 2.05) is 0 Å². The molecule has 6 rings (SSSR count). The van der Waals surface area contributed by atoms with Crippen molar-refractivity contribution in [3.8, 4) is 11.1 Å². The summed E-state index contributed by atoms with van der Waals surface area (Å²) < 4.78 is 58.4. The van der Waals surface area contributed by atoms with Crippen molar-refractivity contribution in [2.45, 2.75) is 73.2 Å². The molecule has 2 aromatic carbocycles. The highest BCUT2D eigenvalue weighted by atomic mass is 32.2. The quantitative estimate of drug-likeness (QED) is 0.249. The maximum atomic E-state index is 13.2. The lowest BCUT2D eigenvalue weighted by Gasteiger charge is -2.26. The van der Waals surface area contributed by atoms with Crippen molar-refractivity contribution in [2.75, 3.05) is 0 Å². The van der Waals surface area contributed by atoms with Gasteiger partial charge in [-0.3, -0.25) is 4.79 Å². The van der Waals surface area contributed by atoms with Gasteiger partial charge in [0.1, 0.15) is 5.71 Å². The lowest BCUT2D eigenvalue weighted by molar-refractivity contribution is -0.142. The average Bonchev–Trinajstić information content (AvgIpc) is 3.60. The van der Waals surface area contributed by atoms with Crippen LogP contribution in [0.25, 0.3) is 11.1 Å². The molecule has 4 N–H and O–H groups in total. The number of carbonyl (C=O) groups is 1. The molecule has 0 aromatic heterocycles. The van der Waals surface area contributed by atoms with Crippen LogP contribution in [0.2, 0.25) is 0 Å². The zero-order chi connectivity index (χ0) is 27.5. The van der Waals surface area contributed by atoms with Gasteiger partial charge in [0.25, 0.3) is 0 Å². The predicted octanol–water partition coefficient (Wildman–Crippen LogP) is 3.28. The predicted molar refractivity (Wildman–Crippen MR) is 143 cm³/mol. The standard InChI is InChI=1S/C27H31N3O7S2/c31-27(32)16-3-5-18(6-4-16)29-38(34,35)19-7-9-21-22-10-8-20(14-24(22)26(28-33)23(21)13-19)39(36,37)30-25-12-15-1-2-17(25)11-15/h7-10,13-18,25,29-30,33H,1-6,11-12H2,(H,31,32)/t15?,16-,17?,18-,25?. The third kappa shape index (κ3) is 4.77. The topological polar surface area (TPSA) is 162 Å². The van der Waals surface area contributed by atoms with Gasteiger partial charge in [0.05, 0.1) is 15.7 Å². The Balaban J connectivity index is 1.24. The molecule has 4 aliphatic rings. The second-order valence-electron chi connectivity index (χ2n) is 11.3. The first-order valence-corrected chi connectivity index (χ1v) is 16.3. The first-order valence-electron chi connectivity index (χ1n) is 13.3. The maximum Gasteiger partial charge on any atom is 0.306 e. The molecular formula is C27H31N3O7S2. The molecule has 12 heteroatoms. The van der Waals surface area contributed by atoms with Crippen LogP contribution in [0.1, 0.15) is 62.5 Å². The Hall–Kier alpha value is -2.80. The van der Waals surface area contributed by atoms with Gasteiger partial charge in [-0.05, 0) is 92.2 Å². The zero-order valence-electron chi connectivity index (χ0n) is 21.2. The van der Waals surface area contributed by atoms with Crippen LogP contribution in [0, 0.1) is 17.8 Å². The van der Waals surface area contributed by atoms with Crippen LogP contribution in [0.5, 0.6) is 0 Å². The number of hydrogen-bond acceptors (Lipinski definition) is 7. The van der Waals surface area contributed by atoms with Crippen molar-refractivity contribution >= 4 is 31.7 Å². The number of carboxylic acid groups (broad SMARTS) is 1. The summed E-state index contributed by atoms with van der Waals surface area (Å²) >= 11 is 0. The molecule has 2 bridgehead atoms. The second kappa shape index (κ2) is 9.69. The van der Waals surface area contributed by atoms with E-state index in [4.69, 9.17) is 0 Å². The van der Waals surface area contributed by atoms with Crippen LogP contribution in [-0.4, -0.2) is 50.9 Å². The van der Waals surface area contributed by atoms with Crippen molar-refractivity contribution in [1.29, 1.82) is 0 Å². The minimum atomic E-state index is -3.93. The van der Waals surface area contributed by atoms with Gasteiger partial charge in [-0.1, -0.05) is 23.7 Å². The zero-order valence-corrected chi connectivity index (χ0v) is 22.8. The summed E-state index contributed by atoms with van der Waals surface area (Å²) in [5.41, 5.74) is 2.21. The lowest BCUT2D eigenvalue weighted by Crippen LogP contribution is -2.38. The molecule has 2 aromatic rings. The van der Waals surface area contributed by atoms with Crippen LogP contribution >= 0.6 is 0 Å². The average molecular weight is 574 g/mol. The Morgan fingerprint density at radius 1 is 0.769 bits per heavy atom. The highest BCUT2D eigenvalue weighted by molar-refractivity contribution is 7.89. The summed E-state index contributed by atoms with van der Waals surface area (Å²) in [7, 11) is -7.72. The van der Waals surface area contributed by atoms with E-state index in [2.05, 4.69) is 14.6 Å². The number of oxime groups is 1. The minimum absolute atomic E-state index is 0.0126. The molecule has 3 fully saturated rings. The number of rotatable bonds is 7. The molecular weight excluding hydrogens is 542 g/mol. The van der Waals surface area contributed by atoms with Crippen molar-refractivity contribution in [3.63, 3.8) is 0 Å². The number of nitrogens with one attached hydrogen (secondary N) is 2. The van der Waals surface area contributed by atoms with E-state index in [1.54, 1.807) is 12.1 Å². The molecule has 0 saturated heterocycles. The van der Waals surface area contributed by atoms with Crippen LogP contribution in [0.15, 0.2) is 51.3 Å². The molecule has 3 unspecified atom stereocenters. The van der Waals surface area contributed by atoms with E-state index in [-0.39, 0.29) is 27.6 Å². The van der Waals surface area contributed by atoms with Crippen LogP contribution < -0.4 is 9.44 Å². The second-order valence-corrected chi connectivity index (χ2v) is 14.7. The van der Waals surface area contributed by atoms with Gasteiger partial charge in [-0.25, -0.2) is 26.3 Å². The van der Waals surface area contributed by atoms with Gasteiger partial charge >= 0.3 is 5.97 Å². The monoisotopic (exact) mass is 573 g/mol. The smallest absolute Gasteiger partial charge is 0.306 e. The van der Waals surface area contributed by atoms with Crippen LogP contribution in [0.4, 0.5) is 0 Å². The number of aliphatic carboxylic acids is 1. The van der Waals surface area contributed by atoms with Crippen LogP contribution in [0.3, 0.4) is 0 Å². The number of sulfonamides is 2. The van der Waals surface area contributed by atoms with E-state index >= 15 is 0 Å². The van der Waals surface area contributed by atoms with E-state index < -0.39 is 31.9 Å². The van der Waals surface area contributed by atoms with E-state index in [9.17, 15) is 31.9 Å². The Morgan fingerprint density at radius 3 is 1.85 bits per heavy atom. The number of fused-ring (bicyclic) bond motifs is 5. The van der Waals surface area contributed by atoms with E-state index in [0.717, 1.165) is 25.7 Å². The molecule has 39 heavy (non-hydrogen) atoms. The Bertz CT molecular complexity index is 1580. The first kappa shape index (κ1) is 26.4. The molecule has 0 amide bonds. The minimum Gasteiger partial charge on any atom is -0.481 e. The summed E-state index contributed by atoms with van der Waals surface area (Å²) in [6.07, 6.45) is 5.81. The summed E-state index contributed by atoms with van der Waals surface area (Å²) in [5.74, 6) is -0.350. The third-order valence-electron chi connectivity index (χ3n) is 8.95. The Labute approximate surface area is 227 Å². The normalized spacial score (nSPS) is 28.9. The largest absolute Gasteiger partial charge is 0.481 e. The van der Waals surface area contributed by atoms with Gasteiger partial charge in [0.15, 0.2) is 0 Å². The summed E-state index contributed by atoms with van der Waals surface area (Å²) in [4.78, 5) is 11.3. The molecule has 0 spiro atoms. The van der Waals surface area contributed by atoms with Gasteiger partial charge in [0.2, 0.25) is 20.0 Å². The fourth-order valence-corrected chi connectivity index (χ4v) is 9.57. The SMILES string of the molecule is O=C(O)[C@H]1CC[C@H](NS(=O)(=O)c2ccc3c(c2)C(=NO)c2cc(S(=O)(=O)NC4CC5CCC4C5)ccc2-3)CC1. The van der Waals surface area contributed by atoms with Crippen molar-refractivity contribution in [2.24, 2.45) is 22.9 Å². The summed E-state index contributed by atoms with van der Waals surface area (Å²) in [6.45, 7) is 0. The molecule has 0 aliphatic heterocycles. The molecule has 0 heterocycles. The maximum absolute atomic E-state index is 13.2. The molecule has 3 saturated carbocycles. The molecule has 0 radical (unpaired) electrons. The fourth-order valence-electron chi connectivity index (χ4n) is 6.90. The third-order valence-corrected chi connectivity index (χ3v) is 12.0. The van der Waals surface area contributed by atoms with Crippen molar-refractivity contribution in [3.05, 3.63) is 47.5 Å². The fraction of sp³-hybridized carbons (Fsp3) is 0.481. The Kier molecular flexibility index (Phi) is 6.56. The number of carboxylic acids is 1. The Morgan fingerprint density at radius 2 is 1.36 bits per heavy atom. The molecule has 4 aliphatic carbocycles.